The quantitative estimate of drug-likeness (QED) is 0.653. The lowest BCUT2D eigenvalue weighted by Gasteiger charge is -2.02. The number of amides is 1. The van der Waals surface area contributed by atoms with E-state index in [4.69, 9.17) is 5.73 Å². The van der Waals surface area contributed by atoms with Gasteiger partial charge in [0.1, 0.15) is 0 Å². The Labute approximate surface area is 115 Å². The van der Waals surface area contributed by atoms with Crippen molar-refractivity contribution in [3.05, 3.63) is 35.0 Å². The molecular weight excluding hydrogens is 258 g/mol. The molecule has 1 aromatic heterocycles. The van der Waals surface area contributed by atoms with Gasteiger partial charge in [-0.2, -0.15) is 0 Å². The van der Waals surface area contributed by atoms with Crippen molar-refractivity contribution in [1.82, 2.24) is 10.3 Å². The van der Waals surface area contributed by atoms with Crippen molar-refractivity contribution in [1.29, 1.82) is 0 Å². The second-order valence-electron chi connectivity index (χ2n) is 4.41. The van der Waals surface area contributed by atoms with Gasteiger partial charge in [-0.15, -0.1) is 0 Å². The summed E-state index contributed by atoms with van der Waals surface area (Å²) < 4.78 is 4.57. The number of nitrogens with zero attached hydrogens (tertiary/aromatic N) is 3. The van der Waals surface area contributed by atoms with E-state index in [-0.39, 0.29) is 23.3 Å². The molecule has 2 aromatic rings. The van der Waals surface area contributed by atoms with Crippen molar-refractivity contribution in [2.75, 3.05) is 5.32 Å². The standard InChI is InChI=1S/C13H15N5O2/c1-7-4-5-10(6-8(7)2)16-12(14)11-13(15-9(3)19)18-20-17-11/h4-6H,1-3H3,(H2,14,16)(H,15,18,19). The summed E-state index contributed by atoms with van der Waals surface area (Å²) in [6.45, 7) is 5.36. The number of nitrogens with one attached hydrogen (secondary N) is 1. The van der Waals surface area contributed by atoms with Gasteiger partial charge in [-0.1, -0.05) is 6.07 Å². The number of carbonyl (C=O) groups is 1. The van der Waals surface area contributed by atoms with E-state index in [0.29, 0.717) is 5.69 Å². The summed E-state index contributed by atoms with van der Waals surface area (Å²) in [5.41, 5.74) is 9.06. The van der Waals surface area contributed by atoms with Crippen molar-refractivity contribution < 1.29 is 9.42 Å². The fourth-order valence-corrected chi connectivity index (χ4v) is 1.59. The Bertz CT molecular complexity index is 675. The normalized spacial score (nSPS) is 11.4. The summed E-state index contributed by atoms with van der Waals surface area (Å²) in [5, 5.41) is 9.69. The maximum Gasteiger partial charge on any atom is 0.222 e. The second kappa shape index (κ2) is 5.52. The maximum absolute atomic E-state index is 11.0. The van der Waals surface area contributed by atoms with Gasteiger partial charge in [0, 0.05) is 6.92 Å². The van der Waals surface area contributed by atoms with Crippen LogP contribution in [0.25, 0.3) is 0 Å². The highest BCUT2D eigenvalue weighted by Gasteiger charge is 2.15. The first-order valence-corrected chi connectivity index (χ1v) is 5.99. The van der Waals surface area contributed by atoms with Crippen molar-refractivity contribution >= 4 is 23.2 Å². The highest BCUT2D eigenvalue weighted by molar-refractivity contribution is 6.03. The summed E-state index contributed by atoms with van der Waals surface area (Å²) in [4.78, 5) is 15.3. The topological polar surface area (TPSA) is 106 Å². The number of benzene rings is 1. The molecule has 0 aliphatic rings. The van der Waals surface area contributed by atoms with E-state index in [1.807, 2.05) is 32.0 Å². The van der Waals surface area contributed by atoms with Crippen LogP contribution >= 0.6 is 0 Å². The Morgan fingerprint density at radius 3 is 2.70 bits per heavy atom. The molecule has 0 saturated carbocycles. The van der Waals surface area contributed by atoms with Crippen molar-refractivity contribution in [3.63, 3.8) is 0 Å². The zero-order chi connectivity index (χ0) is 14.7. The number of carbonyl (C=O) groups excluding carboxylic acids is 1. The number of anilines is 1. The van der Waals surface area contributed by atoms with Gasteiger partial charge >= 0.3 is 0 Å². The van der Waals surface area contributed by atoms with Crippen LogP contribution in [0.5, 0.6) is 0 Å². The monoisotopic (exact) mass is 273 g/mol. The minimum Gasteiger partial charge on any atom is -0.382 e. The molecule has 0 radical (unpaired) electrons. The summed E-state index contributed by atoms with van der Waals surface area (Å²) >= 11 is 0. The predicted molar refractivity (Wildman–Crippen MR) is 74.9 cm³/mol. The third kappa shape index (κ3) is 3.00. The van der Waals surface area contributed by atoms with Crippen molar-refractivity contribution in [2.45, 2.75) is 20.8 Å². The molecule has 7 nitrogen and oxygen atoms in total. The Hall–Kier alpha value is -2.70. The molecule has 0 bridgehead atoms. The first-order chi connectivity index (χ1) is 9.47. The lowest BCUT2D eigenvalue weighted by molar-refractivity contribution is -0.114. The molecule has 0 unspecified atom stereocenters. The highest BCUT2D eigenvalue weighted by Crippen LogP contribution is 2.18. The third-order valence-corrected chi connectivity index (χ3v) is 2.77. The number of aromatic nitrogens is 2. The fraction of sp³-hybridized carbons (Fsp3) is 0.231. The summed E-state index contributed by atoms with van der Waals surface area (Å²) in [6, 6.07) is 5.71. The third-order valence-electron chi connectivity index (χ3n) is 2.77. The van der Waals surface area contributed by atoms with Crippen LogP contribution in [-0.4, -0.2) is 22.1 Å². The Morgan fingerprint density at radius 1 is 1.30 bits per heavy atom. The molecule has 104 valence electrons. The van der Waals surface area contributed by atoms with Crippen LogP contribution < -0.4 is 11.1 Å². The van der Waals surface area contributed by atoms with E-state index in [9.17, 15) is 4.79 Å². The average molecular weight is 273 g/mol. The Kier molecular flexibility index (Phi) is 3.79. The van der Waals surface area contributed by atoms with Crippen molar-refractivity contribution in [2.24, 2.45) is 10.7 Å². The van der Waals surface area contributed by atoms with E-state index in [0.717, 1.165) is 5.56 Å². The summed E-state index contributed by atoms with van der Waals surface area (Å²) in [6.07, 6.45) is 0. The van der Waals surface area contributed by atoms with Crippen LogP contribution in [0, 0.1) is 13.8 Å². The molecule has 1 heterocycles. The molecule has 0 atom stereocenters. The number of hydrogen-bond donors (Lipinski definition) is 2. The molecule has 1 amide bonds. The van der Waals surface area contributed by atoms with Crippen LogP contribution in [-0.2, 0) is 4.79 Å². The van der Waals surface area contributed by atoms with Gasteiger partial charge < -0.3 is 11.1 Å². The van der Waals surface area contributed by atoms with E-state index in [1.54, 1.807) is 0 Å². The first-order valence-electron chi connectivity index (χ1n) is 5.99. The largest absolute Gasteiger partial charge is 0.382 e. The van der Waals surface area contributed by atoms with Gasteiger partial charge in [0.25, 0.3) is 0 Å². The number of nitrogens with two attached hydrogens (primary N) is 1. The zero-order valence-electron chi connectivity index (χ0n) is 11.5. The first kappa shape index (κ1) is 13.7. The average Bonchev–Trinajstić information content (AvgIpc) is 2.81. The molecule has 0 saturated heterocycles. The van der Waals surface area contributed by atoms with E-state index < -0.39 is 0 Å². The van der Waals surface area contributed by atoms with E-state index >= 15 is 0 Å². The minimum absolute atomic E-state index is 0.123. The molecule has 1 aromatic carbocycles. The number of amidine groups is 1. The smallest absolute Gasteiger partial charge is 0.222 e. The number of rotatable bonds is 3. The molecule has 7 heteroatoms. The fourth-order valence-electron chi connectivity index (χ4n) is 1.59. The maximum atomic E-state index is 11.0. The van der Waals surface area contributed by atoms with Crippen molar-refractivity contribution in [3.8, 4) is 0 Å². The molecular formula is C13H15N5O2. The molecule has 20 heavy (non-hydrogen) atoms. The van der Waals surface area contributed by atoms with Crippen LogP contribution in [0.15, 0.2) is 27.8 Å². The van der Waals surface area contributed by atoms with Gasteiger partial charge in [0.05, 0.1) is 5.69 Å². The highest BCUT2D eigenvalue weighted by atomic mass is 16.6. The van der Waals surface area contributed by atoms with Gasteiger partial charge in [0.2, 0.25) is 11.7 Å². The molecule has 0 aliphatic carbocycles. The molecule has 0 aliphatic heterocycles. The lowest BCUT2D eigenvalue weighted by Crippen LogP contribution is -2.17. The SMILES string of the molecule is CC(=O)Nc1nonc1C(N)=Nc1ccc(C)c(C)c1. The predicted octanol–water partition coefficient (Wildman–Crippen LogP) is 1.68. The molecule has 0 fully saturated rings. The van der Waals surface area contributed by atoms with Gasteiger partial charge in [0.15, 0.2) is 11.5 Å². The Balaban J connectivity index is 2.32. The molecule has 3 N–H and O–H groups in total. The molecule has 0 spiro atoms. The van der Waals surface area contributed by atoms with Gasteiger partial charge in [-0.25, -0.2) is 9.62 Å². The Morgan fingerprint density at radius 2 is 2.05 bits per heavy atom. The number of hydrogen-bond acceptors (Lipinski definition) is 5. The number of aliphatic imine (C=N–C) groups is 1. The van der Waals surface area contributed by atoms with Crippen LogP contribution in [0.4, 0.5) is 11.5 Å². The van der Waals surface area contributed by atoms with Crippen LogP contribution in [0.2, 0.25) is 0 Å². The summed E-state index contributed by atoms with van der Waals surface area (Å²) in [5.74, 6) is -0.0123. The van der Waals surface area contributed by atoms with E-state index in [2.05, 4.69) is 25.3 Å². The number of aryl methyl sites for hydroxylation is 2. The zero-order valence-corrected chi connectivity index (χ0v) is 11.5. The van der Waals surface area contributed by atoms with Gasteiger partial charge in [-0.3, -0.25) is 4.79 Å². The second-order valence-corrected chi connectivity index (χ2v) is 4.41. The minimum atomic E-state index is -0.291. The summed E-state index contributed by atoms with van der Waals surface area (Å²) in [7, 11) is 0. The van der Waals surface area contributed by atoms with E-state index in [1.165, 1.54) is 12.5 Å². The lowest BCUT2D eigenvalue weighted by atomic mass is 10.1. The van der Waals surface area contributed by atoms with Gasteiger partial charge in [-0.05, 0) is 47.4 Å². The molecule has 2 rings (SSSR count). The van der Waals surface area contributed by atoms with Crippen LogP contribution in [0.1, 0.15) is 23.7 Å². The van der Waals surface area contributed by atoms with Crippen LogP contribution in [0.3, 0.4) is 0 Å².